The van der Waals surface area contributed by atoms with Crippen LogP contribution in [0.1, 0.15) is 31.4 Å². The molecule has 1 saturated heterocycles. The second kappa shape index (κ2) is 8.52. The number of hydrogen-bond donors (Lipinski definition) is 1. The molecule has 21 heavy (non-hydrogen) atoms. The van der Waals surface area contributed by atoms with Crippen molar-refractivity contribution in [1.82, 2.24) is 10.2 Å². The predicted octanol–water partition coefficient (Wildman–Crippen LogP) is 2.70. The van der Waals surface area contributed by atoms with E-state index < -0.39 is 0 Å². The van der Waals surface area contributed by atoms with Crippen LogP contribution in [0, 0.1) is 5.92 Å². The summed E-state index contributed by atoms with van der Waals surface area (Å²) >= 11 is 0. The molecule has 0 aliphatic carbocycles. The molecule has 0 radical (unpaired) electrons. The molecule has 0 aromatic heterocycles. The lowest BCUT2D eigenvalue weighted by Gasteiger charge is -2.19. The Morgan fingerprint density at radius 2 is 2.05 bits per heavy atom. The number of nitrogens with zero attached hydrogens (tertiary/aromatic N) is 1. The van der Waals surface area contributed by atoms with Gasteiger partial charge in [0.2, 0.25) is 0 Å². The van der Waals surface area contributed by atoms with Gasteiger partial charge in [-0.25, -0.2) is 0 Å². The van der Waals surface area contributed by atoms with Crippen molar-refractivity contribution in [1.29, 1.82) is 0 Å². The topological polar surface area (TPSA) is 24.5 Å². The van der Waals surface area contributed by atoms with Crippen molar-refractivity contribution in [3.05, 3.63) is 35.4 Å². The molecule has 1 aliphatic heterocycles. The summed E-state index contributed by atoms with van der Waals surface area (Å²) in [6.45, 7) is 9.81. The van der Waals surface area contributed by atoms with Gasteiger partial charge in [-0.15, -0.1) is 0 Å². The maximum absolute atomic E-state index is 5.29. The molecule has 0 spiro atoms. The lowest BCUT2D eigenvalue weighted by molar-refractivity contribution is 0.152. The minimum atomic E-state index is 0.561. The highest BCUT2D eigenvalue weighted by molar-refractivity contribution is 5.27. The number of benzene rings is 1. The third-order valence-electron chi connectivity index (χ3n) is 4.23. The van der Waals surface area contributed by atoms with Gasteiger partial charge in [0.25, 0.3) is 0 Å². The molecule has 1 aromatic rings. The molecule has 1 aliphatic rings. The highest BCUT2D eigenvalue weighted by Crippen LogP contribution is 2.20. The number of methoxy groups -OCH3 is 1. The Balaban J connectivity index is 1.88. The van der Waals surface area contributed by atoms with E-state index >= 15 is 0 Å². The molecule has 0 bridgehead atoms. The zero-order chi connectivity index (χ0) is 15.1. The summed E-state index contributed by atoms with van der Waals surface area (Å²) in [6, 6.07) is 9.45. The lowest BCUT2D eigenvalue weighted by Crippen LogP contribution is -2.26. The van der Waals surface area contributed by atoms with E-state index in [9.17, 15) is 0 Å². The van der Waals surface area contributed by atoms with Crippen LogP contribution in [0.15, 0.2) is 24.3 Å². The van der Waals surface area contributed by atoms with Crippen LogP contribution < -0.4 is 5.32 Å². The average Bonchev–Trinajstić information content (AvgIpc) is 2.88. The molecule has 1 fully saturated rings. The fourth-order valence-corrected chi connectivity index (χ4v) is 3.12. The molecule has 118 valence electrons. The van der Waals surface area contributed by atoms with E-state index in [0.29, 0.717) is 12.0 Å². The van der Waals surface area contributed by atoms with Crippen molar-refractivity contribution < 1.29 is 4.74 Å². The van der Waals surface area contributed by atoms with Gasteiger partial charge in [-0.1, -0.05) is 38.1 Å². The maximum Gasteiger partial charge on any atom is 0.0503 e. The summed E-state index contributed by atoms with van der Waals surface area (Å²) in [5, 5.41) is 3.51. The van der Waals surface area contributed by atoms with Gasteiger partial charge in [0.05, 0.1) is 6.61 Å². The second-order valence-electron chi connectivity index (χ2n) is 6.47. The van der Waals surface area contributed by atoms with E-state index in [1.54, 1.807) is 7.11 Å². The van der Waals surface area contributed by atoms with Crippen molar-refractivity contribution in [2.75, 3.05) is 33.4 Å². The first-order valence-electron chi connectivity index (χ1n) is 8.20. The van der Waals surface area contributed by atoms with Crippen LogP contribution in [0.2, 0.25) is 0 Å². The van der Waals surface area contributed by atoms with Crippen LogP contribution in [0.25, 0.3) is 0 Å². The molecule has 3 nitrogen and oxygen atoms in total. The minimum absolute atomic E-state index is 0.561. The van der Waals surface area contributed by atoms with Gasteiger partial charge in [-0.3, -0.25) is 4.90 Å². The van der Waals surface area contributed by atoms with E-state index in [1.165, 1.54) is 30.6 Å². The Kier molecular flexibility index (Phi) is 6.68. The number of hydrogen-bond acceptors (Lipinski definition) is 3. The lowest BCUT2D eigenvalue weighted by atomic mass is 10.0. The Morgan fingerprint density at radius 3 is 2.76 bits per heavy atom. The predicted molar refractivity (Wildman–Crippen MR) is 88.5 cm³/mol. The summed E-state index contributed by atoms with van der Waals surface area (Å²) < 4.78 is 5.29. The van der Waals surface area contributed by atoms with E-state index in [4.69, 9.17) is 4.74 Å². The van der Waals surface area contributed by atoms with Crippen LogP contribution >= 0.6 is 0 Å². The third kappa shape index (κ3) is 5.42. The zero-order valence-electron chi connectivity index (χ0n) is 13.8. The second-order valence-corrected chi connectivity index (χ2v) is 6.47. The largest absolute Gasteiger partial charge is 0.384 e. The molecule has 0 saturated carbocycles. The zero-order valence-corrected chi connectivity index (χ0v) is 13.8. The molecule has 3 heteroatoms. The minimum Gasteiger partial charge on any atom is -0.384 e. The Bertz CT molecular complexity index is 419. The normalized spacial score (nSPS) is 19.5. The van der Waals surface area contributed by atoms with Gasteiger partial charge < -0.3 is 10.1 Å². The van der Waals surface area contributed by atoms with Crippen LogP contribution in [0.4, 0.5) is 0 Å². The molecule has 1 heterocycles. The molecular formula is C18H30N2O. The molecule has 0 amide bonds. The third-order valence-corrected chi connectivity index (χ3v) is 4.23. The Morgan fingerprint density at radius 1 is 1.29 bits per heavy atom. The number of ether oxygens (including phenoxy) is 1. The molecular weight excluding hydrogens is 260 g/mol. The van der Waals surface area contributed by atoms with Gasteiger partial charge in [-0.2, -0.15) is 0 Å². The van der Waals surface area contributed by atoms with E-state index in [-0.39, 0.29) is 0 Å². The number of rotatable bonds is 8. The molecule has 1 N–H and O–H groups in total. The highest BCUT2D eigenvalue weighted by atomic mass is 16.5. The van der Waals surface area contributed by atoms with Crippen LogP contribution in [0.3, 0.4) is 0 Å². The van der Waals surface area contributed by atoms with Crippen molar-refractivity contribution in [2.45, 2.75) is 39.3 Å². The smallest absolute Gasteiger partial charge is 0.0503 e. The van der Waals surface area contributed by atoms with E-state index in [1.807, 2.05) is 0 Å². The van der Waals surface area contributed by atoms with Gasteiger partial charge >= 0.3 is 0 Å². The van der Waals surface area contributed by atoms with Gasteiger partial charge in [0.15, 0.2) is 0 Å². The molecule has 1 atom stereocenters. The first kappa shape index (κ1) is 16.5. The summed E-state index contributed by atoms with van der Waals surface area (Å²) in [5.74, 6) is 0.713. The summed E-state index contributed by atoms with van der Waals surface area (Å²) in [7, 11) is 1.81. The van der Waals surface area contributed by atoms with Gasteiger partial charge in [0.1, 0.15) is 0 Å². The average molecular weight is 290 g/mol. The Hall–Kier alpha value is -0.900. The van der Waals surface area contributed by atoms with Crippen molar-refractivity contribution in [3.63, 3.8) is 0 Å². The monoisotopic (exact) mass is 290 g/mol. The fraction of sp³-hybridized carbons (Fsp3) is 0.667. The van der Waals surface area contributed by atoms with Crippen molar-refractivity contribution in [3.8, 4) is 0 Å². The van der Waals surface area contributed by atoms with E-state index in [2.05, 4.69) is 48.3 Å². The van der Waals surface area contributed by atoms with Crippen LogP contribution in [-0.4, -0.2) is 44.3 Å². The first-order chi connectivity index (χ1) is 10.2. The Labute approximate surface area is 129 Å². The number of nitrogens with one attached hydrogen (secondary N) is 1. The first-order valence-corrected chi connectivity index (χ1v) is 8.20. The summed E-state index contributed by atoms with van der Waals surface area (Å²) in [6.07, 6.45) is 2.38. The van der Waals surface area contributed by atoms with E-state index in [0.717, 1.165) is 26.1 Å². The highest BCUT2D eigenvalue weighted by Gasteiger charge is 2.22. The SMILES string of the molecule is COCC1CCN(Cc2ccccc2CCNC(C)C)C1. The molecule has 2 rings (SSSR count). The van der Waals surface area contributed by atoms with Gasteiger partial charge in [0, 0.05) is 26.2 Å². The van der Waals surface area contributed by atoms with Crippen molar-refractivity contribution >= 4 is 0 Å². The molecule has 1 aromatic carbocycles. The van der Waals surface area contributed by atoms with Crippen LogP contribution in [-0.2, 0) is 17.7 Å². The molecule has 1 unspecified atom stereocenters. The number of likely N-dealkylation sites (tertiary alicyclic amines) is 1. The summed E-state index contributed by atoms with van der Waals surface area (Å²) in [4.78, 5) is 2.57. The summed E-state index contributed by atoms with van der Waals surface area (Å²) in [5.41, 5.74) is 2.97. The maximum atomic E-state index is 5.29. The quantitative estimate of drug-likeness (QED) is 0.796. The van der Waals surface area contributed by atoms with Crippen molar-refractivity contribution in [2.24, 2.45) is 5.92 Å². The van der Waals surface area contributed by atoms with Crippen LogP contribution in [0.5, 0.6) is 0 Å². The fourth-order valence-electron chi connectivity index (χ4n) is 3.12. The van der Waals surface area contributed by atoms with Gasteiger partial charge in [-0.05, 0) is 43.0 Å². The standard InChI is InChI=1S/C18H30N2O/c1-15(2)19-10-8-17-6-4-5-7-18(17)13-20-11-9-16(12-20)14-21-3/h4-7,15-16,19H,8-14H2,1-3H3.